The molecule has 0 aromatic heterocycles. The van der Waals surface area contributed by atoms with Gasteiger partial charge in [-0.1, -0.05) is 242 Å². The summed E-state index contributed by atoms with van der Waals surface area (Å²) in [5.41, 5.74) is 0. The Morgan fingerprint density at radius 1 is 0.359 bits per heavy atom. The first-order valence-electron chi connectivity index (χ1n) is 27.8. The van der Waals surface area contributed by atoms with Crippen LogP contribution >= 0.6 is 0 Å². The van der Waals surface area contributed by atoms with E-state index in [2.05, 4.69) is 81.5 Å². The molecule has 1 unspecified atom stereocenters. The fraction of sp³-hybridized carbons (Fsp3) is 0.797. The number of allylic oxidation sites excluding steroid dienone is 10. The van der Waals surface area contributed by atoms with E-state index in [1.165, 1.54) is 161 Å². The van der Waals surface area contributed by atoms with E-state index in [4.69, 9.17) is 14.2 Å². The molecule has 0 amide bonds. The summed E-state index contributed by atoms with van der Waals surface area (Å²) in [5, 5.41) is 0. The topological polar surface area (TPSA) is 61.8 Å². The van der Waals surface area contributed by atoms with Gasteiger partial charge in [-0.05, 0) is 83.5 Å². The lowest BCUT2D eigenvalue weighted by atomic mass is 10.0. The normalized spacial score (nSPS) is 12.6. The average Bonchev–Trinajstić information content (AvgIpc) is 3.30. The molecule has 0 aliphatic heterocycles. The van der Waals surface area contributed by atoms with Crippen molar-refractivity contribution in [3.05, 3.63) is 60.8 Å². The molecule has 1 atom stereocenters. The SMILES string of the molecule is CC/C=C\C/C=C\C/C=C\C/C=C\CCCCCOCC(COC(=O)CCCCCCCCC/C=C\CCCCCCCC)OC(=O)CCCCCCCCCCCCCCCCC. The third-order valence-corrected chi connectivity index (χ3v) is 12.0. The lowest BCUT2D eigenvalue weighted by Crippen LogP contribution is -2.30. The zero-order valence-corrected chi connectivity index (χ0v) is 42.8. The number of esters is 2. The Morgan fingerprint density at radius 3 is 1.14 bits per heavy atom. The van der Waals surface area contributed by atoms with Crippen molar-refractivity contribution in [2.75, 3.05) is 19.8 Å². The molecular weight excluding hydrogens is 789 g/mol. The van der Waals surface area contributed by atoms with E-state index in [9.17, 15) is 9.59 Å². The van der Waals surface area contributed by atoms with E-state index in [1.807, 2.05) is 0 Å². The van der Waals surface area contributed by atoms with Crippen molar-refractivity contribution in [3.63, 3.8) is 0 Å². The molecule has 0 heterocycles. The summed E-state index contributed by atoms with van der Waals surface area (Å²) >= 11 is 0. The van der Waals surface area contributed by atoms with Gasteiger partial charge in [-0.15, -0.1) is 0 Å². The van der Waals surface area contributed by atoms with Crippen molar-refractivity contribution in [1.29, 1.82) is 0 Å². The number of hydrogen-bond donors (Lipinski definition) is 0. The molecule has 0 aromatic carbocycles. The molecule has 0 aromatic rings. The van der Waals surface area contributed by atoms with E-state index < -0.39 is 6.10 Å². The molecule has 0 saturated carbocycles. The number of carbonyl (C=O) groups is 2. The van der Waals surface area contributed by atoms with Gasteiger partial charge in [0.25, 0.3) is 0 Å². The number of hydrogen-bond acceptors (Lipinski definition) is 5. The fourth-order valence-electron chi connectivity index (χ4n) is 7.91. The summed E-state index contributed by atoms with van der Waals surface area (Å²) in [5.74, 6) is -0.409. The minimum Gasteiger partial charge on any atom is -0.462 e. The molecule has 372 valence electrons. The minimum absolute atomic E-state index is 0.0721. The highest BCUT2D eigenvalue weighted by atomic mass is 16.6. The van der Waals surface area contributed by atoms with Gasteiger partial charge < -0.3 is 14.2 Å². The lowest BCUT2D eigenvalue weighted by Gasteiger charge is -2.18. The zero-order chi connectivity index (χ0) is 46.3. The van der Waals surface area contributed by atoms with Crippen molar-refractivity contribution >= 4 is 11.9 Å². The smallest absolute Gasteiger partial charge is 0.306 e. The Morgan fingerprint density at radius 2 is 0.703 bits per heavy atom. The van der Waals surface area contributed by atoms with E-state index >= 15 is 0 Å². The molecule has 0 bridgehead atoms. The van der Waals surface area contributed by atoms with E-state index in [-0.39, 0.29) is 25.2 Å². The monoisotopic (exact) mass is 895 g/mol. The van der Waals surface area contributed by atoms with Crippen LogP contribution in [0.5, 0.6) is 0 Å². The third kappa shape index (κ3) is 52.2. The van der Waals surface area contributed by atoms with Gasteiger partial charge in [0.2, 0.25) is 0 Å². The summed E-state index contributed by atoms with van der Waals surface area (Å²) < 4.78 is 17.4. The van der Waals surface area contributed by atoms with Crippen molar-refractivity contribution < 1.29 is 23.8 Å². The van der Waals surface area contributed by atoms with Crippen LogP contribution in [0.4, 0.5) is 0 Å². The van der Waals surface area contributed by atoms with Gasteiger partial charge in [0.1, 0.15) is 6.61 Å². The second kappa shape index (κ2) is 54.9. The first-order chi connectivity index (χ1) is 31.6. The van der Waals surface area contributed by atoms with Crippen LogP contribution in [0.1, 0.15) is 278 Å². The summed E-state index contributed by atoms with van der Waals surface area (Å²) in [6.45, 7) is 7.67. The number of ether oxygens (including phenoxy) is 3. The summed E-state index contributed by atoms with van der Waals surface area (Å²) in [4.78, 5) is 25.5. The molecule has 0 saturated heterocycles. The van der Waals surface area contributed by atoms with Crippen molar-refractivity contribution in [2.45, 2.75) is 284 Å². The Labute approximate surface area is 398 Å². The molecule has 5 nitrogen and oxygen atoms in total. The second-order valence-electron chi connectivity index (χ2n) is 18.5. The third-order valence-electron chi connectivity index (χ3n) is 12.0. The molecule has 0 radical (unpaired) electrons. The molecule has 5 heteroatoms. The Bertz CT molecular complexity index is 1100. The Kier molecular flexibility index (Phi) is 52.9. The predicted octanol–water partition coefficient (Wildman–Crippen LogP) is 18.9. The maximum atomic E-state index is 12.8. The van der Waals surface area contributed by atoms with Crippen molar-refractivity contribution in [1.82, 2.24) is 0 Å². The standard InChI is InChI=1S/C59H106O5/c1-4-7-10-13-16-19-22-25-28-30-32-34-37-40-43-46-49-52-58(60)63-56-57(55-62-54-51-48-45-42-39-36-33-29-26-23-20-17-14-11-8-5-2)64-59(61)53-50-47-44-41-38-35-31-27-24-21-18-15-12-9-6-3/h8,11,17,20,25-26,28-29,36,39,57H,4-7,9-10,12-16,18-19,21-24,27,30-35,37-38,40-56H2,1-3H3/b11-8-,20-17-,28-25-,29-26-,39-36-. The highest BCUT2D eigenvalue weighted by Crippen LogP contribution is 2.16. The largest absolute Gasteiger partial charge is 0.462 e. The summed E-state index contributed by atoms with van der Waals surface area (Å²) in [6, 6.07) is 0. The van der Waals surface area contributed by atoms with E-state index in [0.717, 1.165) is 83.5 Å². The van der Waals surface area contributed by atoms with Gasteiger partial charge in [-0.25, -0.2) is 0 Å². The molecule has 0 fully saturated rings. The maximum absolute atomic E-state index is 12.8. The van der Waals surface area contributed by atoms with Gasteiger partial charge in [-0.3, -0.25) is 9.59 Å². The molecule has 0 N–H and O–H groups in total. The molecule has 0 spiro atoms. The van der Waals surface area contributed by atoms with Gasteiger partial charge >= 0.3 is 11.9 Å². The highest BCUT2D eigenvalue weighted by molar-refractivity contribution is 5.70. The summed E-state index contributed by atoms with van der Waals surface area (Å²) in [6.07, 6.45) is 69.5. The van der Waals surface area contributed by atoms with Crippen LogP contribution in [0.3, 0.4) is 0 Å². The predicted molar refractivity (Wildman–Crippen MR) is 279 cm³/mol. The first kappa shape index (κ1) is 61.6. The first-order valence-corrected chi connectivity index (χ1v) is 27.8. The van der Waals surface area contributed by atoms with E-state index in [0.29, 0.717) is 19.4 Å². The molecule has 0 rings (SSSR count). The Balaban J connectivity index is 4.31. The quantitative estimate of drug-likeness (QED) is 0.0346. The highest BCUT2D eigenvalue weighted by Gasteiger charge is 2.17. The van der Waals surface area contributed by atoms with Crippen LogP contribution in [0.25, 0.3) is 0 Å². The minimum atomic E-state index is -0.553. The fourth-order valence-corrected chi connectivity index (χ4v) is 7.91. The van der Waals surface area contributed by atoms with Crippen LogP contribution in [0.15, 0.2) is 60.8 Å². The number of carbonyl (C=O) groups excluding carboxylic acids is 2. The van der Waals surface area contributed by atoms with Crippen LogP contribution < -0.4 is 0 Å². The molecule has 0 aliphatic rings. The van der Waals surface area contributed by atoms with Crippen LogP contribution in [0, 0.1) is 0 Å². The van der Waals surface area contributed by atoms with Gasteiger partial charge in [0, 0.05) is 19.4 Å². The second-order valence-corrected chi connectivity index (χ2v) is 18.5. The van der Waals surface area contributed by atoms with Crippen LogP contribution in [0.2, 0.25) is 0 Å². The maximum Gasteiger partial charge on any atom is 0.306 e. The molecular formula is C59H106O5. The van der Waals surface area contributed by atoms with Gasteiger partial charge in [0.05, 0.1) is 6.61 Å². The van der Waals surface area contributed by atoms with Crippen molar-refractivity contribution in [2.24, 2.45) is 0 Å². The summed E-state index contributed by atoms with van der Waals surface area (Å²) in [7, 11) is 0. The van der Waals surface area contributed by atoms with Gasteiger partial charge in [0.15, 0.2) is 6.10 Å². The van der Waals surface area contributed by atoms with E-state index in [1.54, 1.807) is 0 Å². The average molecular weight is 895 g/mol. The molecule has 64 heavy (non-hydrogen) atoms. The van der Waals surface area contributed by atoms with Gasteiger partial charge in [-0.2, -0.15) is 0 Å². The zero-order valence-electron chi connectivity index (χ0n) is 42.8. The number of unbranched alkanes of at least 4 members (excludes halogenated alkanes) is 30. The Hall–Kier alpha value is -2.40. The number of rotatable bonds is 51. The lowest BCUT2D eigenvalue weighted by molar-refractivity contribution is -0.163. The van der Waals surface area contributed by atoms with Crippen LogP contribution in [-0.4, -0.2) is 37.9 Å². The molecule has 0 aliphatic carbocycles. The van der Waals surface area contributed by atoms with Crippen LogP contribution in [-0.2, 0) is 23.8 Å². The van der Waals surface area contributed by atoms with Crippen molar-refractivity contribution in [3.8, 4) is 0 Å².